The number of para-hydroxylation sites is 1. The average molecular weight is 538 g/mol. The van der Waals surface area contributed by atoms with Gasteiger partial charge in [-0.2, -0.15) is 0 Å². The fourth-order valence-corrected chi connectivity index (χ4v) is 3.75. The number of halogens is 4. The molecule has 1 amide bonds. The molecular formula is C20H21BrCl3N3OS. The highest BCUT2D eigenvalue weighted by Crippen LogP contribution is 2.30. The lowest BCUT2D eigenvalue weighted by Crippen LogP contribution is -2.56. The number of hydrogen-bond acceptors (Lipinski definition) is 2. The van der Waals surface area contributed by atoms with Crippen molar-refractivity contribution in [2.75, 3.05) is 5.32 Å². The molecule has 156 valence electrons. The Morgan fingerprint density at radius 1 is 1.03 bits per heavy atom. The van der Waals surface area contributed by atoms with Gasteiger partial charge in [0, 0.05) is 10.2 Å². The first kappa shape index (κ1) is 24.2. The lowest BCUT2D eigenvalue weighted by Gasteiger charge is -2.28. The number of hydrogen-bond donors (Lipinski definition) is 3. The molecule has 9 heteroatoms. The summed E-state index contributed by atoms with van der Waals surface area (Å²) in [6.45, 7) is 4.14. The number of alkyl halides is 3. The summed E-state index contributed by atoms with van der Waals surface area (Å²) in [5.74, 6) is -0.410. The summed E-state index contributed by atoms with van der Waals surface area (Å²) < 4.78 is -1.20. The van der Waals surface area contributed by atoms with E-state index in [0.717, 1.165) is 29.7 Å². The van der Waals surface area contributed by atoms with Crippen LogP contribution >= 0.6 is 63.0 Å². The third kappa shape index (κ3) is 6.72. The van der Waals surface area contributed by atoms with Gasteiger partial charge in [-0.15, -0.1) is 0 Å². The van der Waals surface area contributed by atoms with Crippen molar-refractivity contribution in [2.24, 2.45) is 0 Å². The van der Waals surface area contributed by atoms with Gasteiger partial charge in [0.2, 0.25) is 3.79 Å². The zero-order valence-electron chi connectivity index (χ0n) is 15.9. The van der Waals surface area contributed by atoms with Crippen LogP contribution in [0.3, 0.4) is 0 Å². The highest BCUT2D eigenvalue weighted by Gasteiger charge is 2.35. The Balaban J connectivity index is 2.18. The van der Waals surface area contributed by atoms with Crippen LogP contribution in [0.25, 0.3) is 0 Å². The number of rotatable bonds is 6. The average Bonchev–Trinajstić information content (AvgIpc) is 2.67. The van der Waals surface area contributed by atoms with Crippen LogP contribution in [-0.4, -0.2) is 21.0 Å². The van der Waals surface area contributed by atoms with Crippen molar-refractivity contribution in [1.29, 1.82) is 0 Å². The van der Waals surface area contributed by atoms with Crippen LogP contribution in [0.2, 0.25) is 0 Å². The second-order valence-corrected chi connectivity index (χ2v) is 9.82. The molecule has 4 nitrogen and oxygen atoms in total. The van der Waals surface area contributed by atoms with Crippen molar-refractivity contribution >= 4 is 79.7 Å². The van der Waals surface area contributed by atoms with E-state index < -0.39 is 15.9 Å². The molecule has 0 saturated heterocycles. The van der Waals surface area contributed by atoms with Crippen molar-refractivity contribution in [3.63, 3.8) is 0 Å². The maximum absolute atomic E-state index is 12.6. The summed E-state index contributed by atoms with van der Waals surface area (Å²) in [5, 5.41) is 9.02. The Morgan fingerprint density at radius 2 is 1.62 bits per heavy atom. The normalized spacial score (nSPS) is 12.2. The highest BCUT2D eigenvalue weighted by atomic mass is 79.9. The molecule has 0 saturated carbocycles. The number of benzene rings is 2. The van der Waals surface area contributed by atoms with Gasteiger partial charge in [-0.05, 0) is 64.2 Å². The maximum Gasteiger partial charge on any atom is 0.254 e. The summed E-state index contributed by atoms with van der Waals surface area (Å²) >= 11 is 27.0. The van der Waals surface area contributed by atoms with Gasteiger partial charge in [-0.1, -0.05) is 79.0 Å². The predicted molar refractivity (Wildman–Crippen MR) is 130 cm³/mol. The third-order valence-electron chi connectivity index (χ3n) is 4.23. The number of aryl methyl sites for hydroxylation is 2. The quantitative estimate of drug-likeness (QED) is 0.241. The maximum atomic E-state index is 12.6. The molecule has 0 aliphatic heterocycles. The molecule has 2 rings (SSSR count). The molecule has 0 fully saturated rings. The monoisotopic (exact) mass is 535 g/mol. The van der Waals surface area contributed by atoms with E-state index in [1.54, 1.807) is 24.3 Å². The number of anilines is 1. The summed E-state index contributed by atoms with van der Waals surface area (Å²) in [6.07, 6.45) is 0.627. The third-order valence-corrected chi connectivity index (χ3v) is 5.80. The molecule has 1 atom stereocenters. The first-order valence-corrected chi connectivity index (χ1v) is 11.3. The minimum Gasteiger partial charge on any atom is -0.339 e. The summed E-state index contributed by atoms with van der Waals surface area (Å²) in [5.41, 5.74) is 3.58. The van der Waals surface area contributed by atoms with Crippen LogP contribution in [0.4, 0.5) is 5.69 Å². The molecule has 2 aromatic rings. The molecule has 0 aliphatic rings. The largest absolute Gasteiger partial charge is 0.339 e. The van der Waals surface area contributed by atoms with Gasteiger partial charge in [0.05, 0.1) is 5.56 Å². The van der Waals surface area contributed by atoms with Gasteiger partial charge in [-0.25, -0.2) is 0 Å². The lowest BCUT2D eigenvalue weighted by atomic mass is 10.0. The van der Waals surface area contributed by atoms with Crippen LogP contribution in [0.5, 0.6) is 0 Å². The molecule has 0 spiro atoms. The van der Waals surface area contributed by atoms with E-state index in [1.807, 2.05) is 18.2 Å². The predicted octanol–water partition coefficient (Wildman–Crippen LogP) is 5.99. The molecule has 1 unspecified atom stereocenters. The van der Waals surface area contributed by atoms with Gasteiger partial charge in [-0.3, -0.25) is 4.79 Å². The SMILES string of the molecule is CCc1cccc(CC)c1NC(=S)NC(NC(=O)c1ccccc1Br)C(Cl)(Cl)Cl. The molecule has 2 aromatic carbocycles. The minimum absolute atomic E-state index is 0.240. The first-order valence-electron chi connectivity index (χ1n) is 8.97. The van der Waals surface area contributed by atoms with Crippen molar-refractivity contribution < 1.29 is 4.79 Å². The zero-order valence-corrected chi connectivity index (χ0v) is 20.5. The van der Waals surface area contributed by atoms with Crippen molar-refractivity contribution in [3.05, 3.63) is 63.6 Å². The van der Waals surface area contributed by atoms with Gasteiger partial charge >= 0.3 is 0 Å². The van der Waals surface area contributed by atoms with Crippen LogP contribution < -0.4 is 16.0 Å². The summed E-state index contributed by atoms with van der Waals surface area (Å²) in [4.78, 5) is 12.6. The van der Waals surface area contributed by atoms with Crippen LogP contribution in [-0.2, 0) is 12.8 Å². The molecule has 0 radical (unpaired) electrons. The Morgan fingerprint density at radius 3 is 2.14 bits per heavy atom. The van der Waals surface area contributed by atoms with Gasteiger partial charge in [0.25, 0.3) is 5.91 Å². The fourth-order valence-electron chi connectivity index (χ4n) is 2.74. The smallest absolute Gasteiger partial charge is 0.254 e. The van der Waals surface area contributed by atoms with Gasteiger partial charge < -0.3 is 16.0 Å². The van der Waals surface area contributed by atoms with E-state index in [0.29, 0.717) is 10.0 Å². The number of carbonyl (C=O) groups is 1. The van der Waals surface area contributed by atoms with Crippen molar-refractivity contribution in [3.8, 4) is 0 Å². The number of thiocarbonyl (C=S) groups is 1. The second kappa shape index (κ2) is 10.8. The Kier molecular flexibility index (Phi) is 9.04. The second-order valence-electron chi connectivity index (χ2n) is 6.18. The van der Waals surface area contributed by atoms with E-state index in [1.165, 1.54) is 0 Å². The Hall–Kier alpha value is -1.05. The zero-order chi connectivity index (χ0) is 21.6. The topological polar surface area (TPSA) is 53.2 Å². The Labute approximate surface area is 199 Å². The fraction of sp³-hybridized carbons (Fsp3) is 0.300. The van der Waals surface area contributed by atoms with E-state index in [-0.39, 0.29) is 5.11 Å². The summed E-state index contributed by atoms with van der Waals surface area (Å²) in [6, 6.07) is 13.1. The standard InChI is InChI=1S/C20H21BrCl3N3OS/c1-3-12-8-7-9-13(4-2)16(12)25-19(29)27-18(20(22,23)24)26-17(28)14-10-5-6-11-15(14)21/h5-11,18H,3-4H2,1-2H3,(H,26,28)(H2,25,27,29). The Bertz CT molecular complexity index is 867. The molecule has 0 aromatic heterocycles. The molecular weight excluding hydrogens is 517 g/mol. The highest BCUT2D eigenvalue weighted by molar-refractivity contribution is 9.10. The van der Waals surface area contributed by atoms with Crippen LogP contribution in [0.15, 0.2) is 46.9 Å². The molecule has 0 aliphatic carbocycles. The number of carbonyl (C=O) groups excluding carboxylic acids is 1. The summed E-state index contributed by atoms with van der Waals surface area (Å²) in [7, 11) is 0. The number of nitrogens with one attached hydrogen (secondary N) is 3. The van der Waals surface area contributed by atoms with Crippen LogP contribution in [0, 0.1) is 0 Å². The van der Waals surface area contributed by atoms with Crippen molar-refractivity contribution in [2.45, 2.75) is 36.6 Å². The number of amides is 1. The molecule has 3 N–H and O–H groups in total. The van der Waals surface area contributed by atoms with E-state index in [9.17, 15) is 4.79 Å². The minimum atomic E-state index is -1.83. The van der Waals surface area contributed by atoms with E-state index in [2.05, 4.69) is 45.7 Å². The van der Waals surface area contributed by atoms with Crippen molar-refractivity contribution in [1.82, 2.24) is 10.6 Å². The van der Waals surface area contributed by atoms with Crippen LogP contribution in [0.1, 0.15) is 35.3 Å². The molecule has 0 heterocycles. The van der Waals surface area contributed by atoms with E-state index >= 15 is 0 Å². The lowest BCUT2D eigenvalue weighted by molar-refractivity contribution is 0.0934. The van der Waals surface area contributed by atoms with Gasteiger partial charge in [0.15, 0.2) is 5.11 Å². The molecule has 0 bridgehead atoms. The first-order chi connectivity index (χ1) is 13.7. The van der Waals surface area contributed by atoms with Gasteiger partial charge in [0.1, 0.15) is 6.17 Å². The van der Waals surface area contributed by atoms with E-state index in [4.69, 9.17) is 47.0 Å². The molecule has 29 heavy (non-hydrogen) atoms.